The number of hydrogen-bond donors (Lipinski definition) is 2. The number of nitrogens with one attached hydrogen (secondary N) is 1. The van der Waals surface area contributed by atoms with Crippen LogP contribution in [0.15, 0.2) is 78.9 Å². The molecule has 1 unspecified atom stereocenters. The molecule has 5 nitrogen and oxygen atoms in total. The normalized spacial score (nSPS) is 12.1. The molecule has 0 amide bonds. The Labute approximate surface area is 216 Å². The Morgan fingerprint density at radius 2 is 1.89 bits per heavy atom. The standard InChI is InChI=1S/C30H29ClN2O3/c1-2-3-10-29(30(34)35)36-27-9-5-7-22(18-27)20-32-26-8-4-6-21(17-26)11-15-25-16-13-23-12-14-24(31)19-28(23)33-25/h4-9,11-19,29,32H,2-3,10,20H2,1H3,(H,34,35)/b15-11+. The second kappa shape index (κ2) is 12.2. The molecule has 1 atom stereocenters. The van der Waals surface area contributed by atoms with Crippen LogP contribution in [0.4, 0.5) is 5.69 Å². The fourth-order valence-electron chi connectivity index (χ4n) is 3.85. The van der Waals surface area contributed by atoms with Crippen LogP contribution in [0, 0.1) is 0 Å². The minimum Gasteiger partial charge on any atom is -0.479 e. The van der Waals surface area contributed by atoms with Crippen LogP contribution in [0.3, 0.4) is 0 Å². The first-order valence-corrected chi connectivity index (χ1v) is 12.4. The minimum absolute atomic E-state index is 0.497. The van der Waals surface area contributed by atoms with Gasteiger partial charge in [-0.25, -0.2) is 9.78 Å². The molecule has 0 aliphatic heterocycles. The number of rotatable bonds is 11. The van der Waals surface area contributed by atoms with E-state index in [1.54, 1.807) is 6.07 Å². The second-order valence-corrected chi connectivity index (χ2v) is 9.06. The van der Waals surface area contributed by atoms with Crippen molar-refractivity contribution < 1.29 is 14.6 Å². The van der Waals surface area contributed by atoms with Crippen molar-refractivity contribution in [2.24, 2.45) is 0 Å². The van der Waals surface area contributed by atoms with Gasteiger partial charge in [0, 0.05) is 22.6 Å². The van der Waals surface area contributed by atoms with E-state index in [9.17, 15) is 9.90 Å². The van der Waals surface area contributed by atoms with Crippen LogP contribution in [0.25, 0.3) is 23.1 Å². The Balaban J connectivity index is 1.39. The number of halogens is 1. The number of aliphatic carboxylic acids is 1. The van der Waals surface area contributed by atoms with Gasteiger partial charge in [0.15, 0.2) is 6.10 Å². The van der Waals surface area contributed by atoms with Gasteiger partial charge in [-0.05, 0) is 72.5 Å². The number of benzene rings is 3. The van der Waals surface area contributed by atoms with Crippen molar-refractivity contribution >= 4 is 46.3 Å². The Hall–Kier alpha value is -3.83. The molecule has 6 heteroatoms. The van der Waals surface area contributed by atoms with Crippen LogP contribution >= 0.6 is 11.6 Å². The van der Waals surface area contributed by atoms with E-state index in [2.05, 4.69) is 16.4 Å². The van der Waals surface area contributed by atoms with Crippen molar-refractivity contribution in [2.45, 2.75) is 38.8 Å². The second-order valence-electron chi connectivity index (χ2n) is 8.62. The predicted molar refractivity (Wildman–Crippen MR) is 147 cm³/mol. The highest BCUT2D eigenvalue weighted by molar-refractivity contribution is 6.31. The van der Waals surface area contributed by atoms with E-state index in [4.69, 9.17) is 16.3 Å². The van der Waals surface area contributed by atoms with Crippen LogP contribution in [-0.4, -0.2) is 22.2 Å². The fourth-order valence-corrected chi connectivity index (χ4v) is 4.02. The summed E-state index contributed by atoms with van der Waals surface area (Å²) in [6.07, 6.45) is 5.42. The van der Waals surface area contributed by atoms with Gasteiger partial charge in [0.25, 0.3) is 0 Å². The van der Waals surface area contributed by atoms with Crippen LogP contribution in [0.2, 0.25) is 5.02 Å². The average Bonchev–Trinajstić information content (AvgIpc) is 2.88. The lowest BCUT2D eigenvalue weighted by molar-refractivity contribution is -0.145. The van der Waals surface area contributed by atoms with Crippen LogP contribution < -0.4 is 10.1 Å². The Morgan fingerprint density at radius 1 is 1.06 bits per heavy atom. The third kappa shape index (κ3) is 7.09. The Morgan fingerprint density at radius 3 is 2.72 bits per heavy atom. The number of carboxylic acids is 1. The van der Waals surface area contributed by atoms with Crippen LogP contribution in [0.5, 0.6) is 5.75 Å². The van der Waals surface area contributed by atoms with E-state index in [0.717, 1.165) is 46.3 Å². The predicted octanol–water partition coefficient (Wildman–Crippen LogP) is 7.69. The van der Waals surface area contributed by atoms with Crippen LogP contribution in [0.1, 0.15) is 43.0 Å². The molecule has 36 heavy (non-hydrogen) atoms. The van der Waals surface area contributed by atoms with Gasteiger partial charge in [-0.15, -0.1) is 0 Å². The summed E-state index contributed by atoms with van der Waals surface area (Å²) in [6, 6.07) is 25.4. The molecule has 4 rings (SSSR count). The zero-order chi connectivity index (χ0) is 25.3. The van der Waals surface area contributed by atoms with E-state index in [-0.39, 0.29) is 0 Å². The van der Waals surface area contributed by atoms with Gasteiger partial charge < -0.3 is 15.2 Å². The van der Waals surface area contributed by atoms with Gasteiger partial charge in [0.1, 0.15) is 5.75 Å². The maximum atomic E-state index is 11.5. The lowest BCUT2D eigenvalue weighted by atomic mass is 10.1. The van der Waals surface area contributed by atoms with Gasteiger partial charge in [0.05, 0.1) is 11.2 Å². The first kappa shape index (κ1) is 25.3. The smallest absolute Gasteiger partial charge is 0.344 e. The third-order valence-corrected chi connectivity index (χ3v) is 6.01. The lowest BCUT2D eigenvalue weighted by Crippen LogP contribution is -2.26. The molecule has 1 aromatic heterocycles. The number of anilines is 1. The number of pyridine rings is 1. The highest BCUT2D eigenvalue weighted by Gasteiger charge is 2.18. The summed E-state index contributed by atoms with van der Waals surface area (Å²) < 4.78 is 5.75. The monoisotopic (exact) mass is 500 g/mol. The van der Waals surface area contributed by atoms with Crippen LogP contribution in [-0.2, 0) is 11.3 Å². The number of unbranched alkanes of at least 4 members (excludes halogenated alkanes) is 1. The van der Waals surface area contributed by atoms with Crippen molar-refractivity contribution in [3.8, 4) is 5.75 Å². The van der Waals surface area contributed by atoms with E-state index < -0.39 is 12.1 Å². The summed E-state index contributed by atoms with van der Waals surface area (Å²) in [5.41, 5.74) is 4.76. The van der Waals surface area contributed by atoms with E-state index in [0.29, 0.717) is 23.7 Å². The number of fused-ring (bicyclic) bond motifs is 1. The molecule has 0 radical (unpaired) electrons. The summed E-state index contributed by atoms with van der Waals surface area (Å²) in [6.45, 7) is 2.62. The first-order valence-electron chi connectivity index (χ1n) is 12.1. The SMILES string of the molecule is CCCCC(Oc1cccc(CNc2cccc(/C=C/c3ccc4ccc(Cl)cc4n3)c2)c1)C(=O)O. The summed E-state index contributed by atoms with van der Waals surface area (Å²) >= 11 is 6.10. The van der Waals surface area contributed by atoms with Crippen molar-refractivity contribution in [1.29, 1.82) is 0 Å². The van der Waals surface area contributed by atoms with E-state index in [1.165, 1.54) is 0 Å². The van der Waals surface area contributed by atoms with Crippen molar-refractivity contribution in [1.82, 2.24) is 4.98 Å². The average molecular weight is 501 g/mol. The number of aromatic nitrogens is 1. The molecule has 2 N–H and O–H groups in total. The third-order valence-electron chi connectivity index (χ3n) is 5.78. The largest absolute Gasteiger partial charge is 0.479 e. The van der Waals surface area contributed by atoms with Crippen molar-refractivity contribution in [3.05, 3.63) is 101 Å². The lowest BCUT2D eigenvalue weighted by Gasteiger charge is -2.15. The highest BCUT2D eigenvalue weighted by atomic mass is 35.5. The molecule has 3 aromatic carbocycles. The first-order chi connectivity index (χ1) is 17.5. The molecule has 0 saturated heterocycles. The molecule has 0 aliphatic carbocycles. The molecule has 0 fully saturated rings. The Bertz CT molecular complexity index is 1370. The highest BCUT2D eigenvalue weighted by Crippen LogP contribution is 2.21. The van der Waals surface area contributed by atoms with E-state index in [1.807, 2.05) is 85.8 Å². The van der Waals surface area contributed by atoms with Gasteiger partial charge >= 0.3 is 5.97 Å². The molecule has 0 spiro atoms. The molecule has 1 heterocycles. The van der Waals surface area contributed by atoms with Gasteiger partial charge in [-0.3, -0.25) is 0 Å². The molecule has 184 valence electrons. The van der Waals surface area contributed by atoms with Gasteiger partial charge in [-0.2, -0.15) is 0 Å². The molecule has 0 saturated carbocycles. The zero-order valence-corrected chi connectivity index (χ0v) is 20.9. The molecule has 0 bridgehead atoms. The molecular weight excluding hydrogens is 472 g/mol. The molecular formula is C30H29ClN2O3. The minimum atomic E-state index is -0.931. The number of nitrogens with zero attached hydrogens (tertiary/aromatic N) is 1. The number of ether oxygens (including phenoxy) is 1. The maximum absolute atomic E-state index is 11.5. The molecule has 4 aromatic rings. The Kier molecular flexibility index (Phi) is 8.58. The summed E-state index contributed by atoms with van der Waals surface area (Å²) in [4.78, 5) is 16.2. The summed E-state index contributed by atoms with van der Waals surface area (Å²) in [5.74, 6) is -0.363. The topological polar surface area (TPSA) is 71.5 Å². The summed E-state index contributed by atoms with van der Waals surface area (Å²) in [5, 5.41) is 14.6. The van der Waals surface area contributed by atoms with E-state index >= 15 is 0 Å². The quantitative estimate of drug-likeness (QED) is 0.221. The maximum Gasteiger partial charge on any atom is 0.344 e. The summed E-state index contributed by atoms with van der Waals surface area (Å²) in [7, 11) is 0. The zero-order valence-electron chi connectivity index (χ0n) is 20.2. The number of carboxylic acid groups (broad SMARTS) is 1. The van der Waals surface area contributed by atoms with Crippen molar-refractivity contribution in [2.75, 3.05) is 5.32 Å². The van der Waals surface area contributed by atoms with Gasteiger partial charge in [0.2, 0.25) is 0 Å². The van der Waals surface area contributed by atoms with Gasteiger partial charge in [-0.1, -0.05) is 67.4 Å². The number of hydrogen-bond acceptors (Lipinski definition) is 4. The fraction of sp³-hybridized carbons (Fsp3) is 0.200. The molecule has 0 aliphatic rings. The van der Waals surface area contributed by atoms with Crippen molar-refractivity contribution in [3.63, 3.8) is 0 Å². The number of carbonyl (C=O) groups is 1.